The number of fused-ring (bicyclic) bond motifs is 1. The van der Waals surface area contributed by atoms with E-state index >= 15 is 0 Å². The normalized spacial score (nSPS) is 19.3. The lowest BCUT2D eigenvalue weighted by molar-refractivity contribution is -0.132. The molecular weight excluding hydrogens is 392 g/mol. The van der Waals surface area contributed by atoms with E-state index in [1.807, 2.05) is 36.4 Å². The van der Waals surface area contributed by atoms with Crippen molar-refractivity contribution in [3.8, 4) is 17.2 Å². The van der Waals surface area contributed by atoms with Gasteiger partial charge in [-0.1, -0.05) is 30.3 Å². The quantitative estimate of drug-likeness (QED) is 0.773. The molecule has 0 spiro atoms. The Bertz CT molecular complexity index is 1000. The monoisotopic (exact) mass is 418 g/mol. The SMILES string of the molecule is CN1Cc2cc(-c3ccc(CC(C#N)NC(=O)C4CNCCCO4)cc3)ccc2C1=O. The topological polar surface area (TPSA) is 94.5 Å². The van der Waals surface area contributed by atoms with Crippen molar-refractivity contribution in [1.82, 2.24) is 15.5 Å². The summed E-state index contributed by atoms with van der Waals surface area (Å²) >= 11 is 0. The van der Waals surface area contributed by atoms with Crippen LogP contribution in [0.4, 0.5) is 0 Å². The van der Waals surface area contributed by atoms with Crippen LogP contribution in [0.5, 0.6) is 0 Å². The molecule has 0 radical (unpaired) electrons. The molecule has 2 amide bonds. The van der Waals surface area contributed by atoms with Crippen LogP contribution in [0.1, 0.15) is 27.9 Å². The molecule has 2 aromatic rings. The van der Waals surface area contributed by atoms with Gasteiger partial charge in [0.25, 0.3) is 11.8 Å². The van der Waals surface area contributed by atoms with Gasteiger partial charge in [-0.2, -0.15) is 5.26 Å². The zero-order valence-electron chi connectivity index (χ0n) is 17.6. The Balaban J connectivity index is 1.40. The molecule has 1 fully saturated rings. The highest BCUT2D eigenvalue weighted by molar-refractivity contribution is 5.98. The van der Waals surface area contributed by atoms with Crippen molar-refractivity contribution in [2.24, 2.45) is 0 Å². The number of hydrogen-bond donors (Lipinski definition) is 2. The van der Waals surface area contributed by atoms with Crippen LogP contribution in [0, 0.1) is 11.3 Å². The highest BCUT2D eigenvalue weighted by Gasteiger charge is 2.25. The van der Waals surface area contributed by atoms with Crippen molar-refractivity contribution in [2.75, 3.05) is 26.7 Å². The molecule has 4 rings (SSSR count). The Morgan fingerprint density at radius 1 is 1.29 bits per heavy atom. The summed E-state index contributed by atoms with van der Waals surface area (Å²) in [6.07, 6.45) is 0.729. The minimum absolute atomic E-state index is 0.0616. The molecule has 0 aromatic heterocycles. The molecule has 0 aliphatic carbocycles. The van der Waals surface area contributed by atoms with E-state index in [9.17, 15) is 14.9 Å². The number of carbonyl (C=O) groups excluding carboxylic acids is 2. The first-order valence-electron chi connectivity index (χ1n) is 10.5. The van der Waals surface area contributed by atoms with Gasteiger partial charge in [-0.25, -0.2) is 0 Å². The molecule has 2 aromatic carbocycles. The number of hydrogen-bond acceptors (Lipinski definition) is 5. The van der Waals surface area contributed by atoms with Crippen LogP contribution >= 0.6 is 0 Å². The molecule has 2 heterocycles. The second-order valence-corrected chi connectivity index (χ2v) is 8.04. The van der Waals surface area contributed by atoms with E-state index < -0.39 is 12.1 Å². The predicted octanol–water partition coefficient (Wildman–Crippen LogP) is 1.87. The van der Waals surface area contributed by atoms with Gasteiger partial charge in [-0.05, 0) is 47.4 Å². The average Bonchev–Trinajstić information content (AvgIpc) is 2.95. The molecule has 2 atom stereocenters. The molecule has 2 aliphatic rings. The van der Waals surface area contributed by atoms with Crippen LogP contribution in [0.25, 0.3) is 11.1 Å². The summed E-state index contributed by atoms with van der Waals surface area (Å²) in [5.74, 6) is -0.193. The van der Waals surface area contributed by atoms with E-state index in [-0.39, 0.29) is 11.8 Å². The Morgan fingerprint density at radius 3 is 2.84 bits per heavy atom. The fourth-order valence-corrected chi connectivity index (χ4v) is 3.99. The Morgan fingerprint density at radius 2 is 2.06 bits per heavy atom. The molecule has 1 saturated heterocycles. The molecular formula is C24H26N4O3. The van der Waals surface area contributed by atoms with E-state index in [0.29, 0.717) is 26.1 Å². The van der Waals surface area contributed by atoms with Crippen molar-refractivity contribution in [2.45, 2.75) is 31.5 Å². The van der Waals surface area contributed by atoms with Crippen molar-refractivity contribution in [3.63, 3.8) is 0 Å². The van der Waals surface area contributed by atoms with Crippen LogP contribution in [0.15, 0.2) is 42.5 Å². The van der Waals surface area contributed by atoms with Crippen LogP contribution < -0.4 is 10.6 Å². The molecule has 2 aliphatic heterocycles. The van der Waals surface area contributed by atoms with Crippen molar-refractivity contribution >= 4 is 11.8 Å². The highest BCUT2D eigenvalue weighted by atomic mass is 16.5. The fraction of sp³-hybridized carbons (Fsp3) is 0.375. The maximum atomic E-state index is 12.4. The lowest BCUT2D eigenvalue weighted by Gasteiger charge is -2.18. The van der Waals surface area contributed by atoms with Crippen molar-refractivity contribution in [1.29, 1.82) is 5.26 Å². The average molecular weight is 418 g/mol. The van der Waals surface area contributed by atoms with Gasteiger partial charge in [-0.15, -0.1) is 0 Å². The van der Waals surface area contributed by atoms with Crippen LogP contribution in [0.3, 0.4) is 0 Å². The van der Waals surface area contributed by atoms with E-state index in [4.69, 9.17) is 4.74 Å². The lowest BCUT2D eigenvalue weighted by Crippen LogP contribution is -2.46. The lowest BCUT2D eigenvalue weighted by atomic mass is 9.98. The van der Waals surface area contributed by atoms with Gasteiger partial charge in [0.2, 0.25) is 0 Å². The third-order valence-electron chi connectivity index (χ3n) is 5.73. The van der Waals surface area contributed by atoms with E-state index in [1.165, 1.54) is 0 Å². The zero-order chi connectivity index (χ0) is 21.8. The smallest absolute Gasteiger partial charge is 0.254 e. The number of benzene rings is 2. The van der Waals surface area contributed by atoms with E-state index in [1.54, 1.807) is 11.9 Å². The van der Waals surface area contributed by atoms with Gasteiger partial charge in [0.05, 0.1) is 6.07 Å². The summed E-state index contributed by atoms with van der Waals surface area (Å²) in [4.78, 5) is 26.2. The summed E-state index contributed by atoms with van der Waals surface area (Å²) in [5.41, 5.74) is 4.87. The second kappa shape index (κ2) is 9.29. The van der Waals surface area contributed by atoms with Gasteiger partial charge in [-0.3, -0.25) is 9.59 Å². The minimum Gasteiger partial charge on any atom is -0.367 e. The van der Waals surface area contributed by atoms with Crippen molar-refractivity contribution < 1.29 is 14.3 Å². The van der Waals surface area contributed by atoms with E-state index in [2.05, 4.69) is 22.8 Å². The van der Waals surface area contributed by atoms with Crippen LogP contribution in [-0.2, 0) is 22.5 Å². The predicted molar refractivity (Wildman–Crippen MR) is 116 cm³/mol. The zero-order valence-corrected chi connectivity index (χ0v) is 17.6. The van der Waals surface area contributed by atoms with Gasteiger partial charge in [0.15, 0.2) is 0 Å². The third kappa shape index (κ3) is 4.76. The maximum absolute atomic E-state index is 12.4. The standard InChI is InChI=1S/C24H26N4O3/c1-28-15-19-12-18(7-8-21(19)24(28)30)17-5-3-16(4-6-17)11-20(13-25)27-23(29)22-14-26-9-2-10-31-22/h3-8,12,20,22,26H,2,9-11,14-15H2,1H3,(H,27,29). The van der Waals surface area contributed by atoms with Gasteiger partial charge in [0.1, 0.15) is 12.1 Å². The first-order valence-corrected chi connectivity index (χ1v) is 10.5. The maximum Gasteiger partial charge on any atom is 0.254 e. The molecule has 7 nitrogen and oxygen atoms in total. The first kappa shape index (κ1) is 21.0. The second-order valence-electron chi connectivity index (χ2n) is 8.04. The number of nitrogens with zero attached hydrogens (tertiary/aromatic N) is 2. The highest BCUT2D eigenvalue weighted by Crippen LogP contribution is 2.28. The van der Waals surface area contributed by atoms with Gasteiger partial charge in [0, 0.05) is 38.7 Å². The molecule has 160 valence electrons. The minimum atomic E-state index is -0.619. The molecule has 0 bridgehead atoms. The third-order valence-corrected chi connectivity index (χ3v) is 5.73. The number of amides is 2. The summed E-state index contributed by atoms with van der Waals surface area (Å²) < 4.78 is 5.56. The summed E-state index contributed by atoms with van der Waals surface area (Å²) in [7, 11) is 1.81. The Kier molecular flexibility index (Phi) is 6.31. The summed E-state index contributed by atoms with van der Waals surface area (Å²) in [6, 6.07) is 15.4. The first-order chi connectivity index (χ1) is 15.0. The van der Waals surface area contributed by atoms with E-state index in [0.717, 1.165) is 40.8 Å². The van der Waals surface area contributed by atoms with Crippen LogP contribution in [0.2, 0.25) is 0 Å². The number of nitriles is 1. The summed E-state index contributed by atoms with van der Waals surface area (Å²) in [5, 5.41) is 15.5. The van der Waals surface area contributed by atoms with Gasteiger partial charge < -0.3 is 20.3 Å². The number of carbonyl (C=O) groups is 2. The molecule has 2 unspecified atom stereocenters. The van der Waals surface area contributed by atoms with Crippen molar-refractivity contribution in [3.05, 3.63) is 59.2 Å². The molecule has 0 saturated carbocycles. The van der Waals surface area contributed by atoms with Gasteiger partial charge >= 0.3 is 0 Å². The Labute approximate surface area is 182 Å². The fourth-order valence-electron chi connectivity index (χ4n) is 3.99. The number of nitrogens with one attached hydrogen (secondary N) is 2. The van der Waals surface area contributed by atoms with Crippen LogP contribution in [-0.4, -0.2) is 55.6 Å². The largest absolute Gasteiger partial charge is 0.367 e. The number of rotatable bonds is 5. The molecule has 2 N–H and O–H groups in total. The number of ether oxygens (including phenoxy) is 1. The summed E-state index contributed by atoms with van der Waals surface area (Å²) in [6.45, 7) is 2.46. The molecule has 7 heteroatoms. The Hall–Kier alpha value is -3.21. The molecule has 31 heavy (non-hydrogen) atoms.